The van der Waals surface area contributed by atoms with E-state index in [1.165, 1.54) is 16.4 Å². The van der Waals surface area contributed by atoms with Crippen molar-refractivity contribution in [2.24, 2.45) is 0 Å². The van der Waals surface area contributed by atoms with E-state index in [4.69, 9.17) is 11.6 Å². The number of rotatable bonds is 7. The van der Waals surface area contributed by atoms with Crippen molar-refractivity contribution < 1.29 is 31.5 Å². The molecule has 4 heterocycles. The summed E-state index contributed by atoms with van der Waals surface area (Å²) in [4.78, 5) is 16.8. The van der Waals surface area contributed by atoms with Crippen molar-refractivity contribution in [3.05, 3.63) is 69.9 Å². The van der Waals surface area contributed by atoms with Crippen molar-refractivity contribution in [3.63, 3.8) is 0 Å². The van der Waals surface area contributed by atoms with Crippen molar-refractivity contribution in [1.29, 1.82) is 0 Å². The number of benzene rings is 2. The van der Waals surface area contributed by atoms with Crippen LogP contribution in [0.15, 0.2) is 42.5 Å². The Morgan fingerprint density at radius 1 is 1.07 bits per heavy atom. The van der Waals surface area contributed by atoms with Gasteiger partial charge in [0.05, 0.1) is 36.6 Å². The second-order valence-corrected chi connectivity index (χ2v) is 14.2. The number of aromatic nitrogens is 2. The Morgan fingerprint density at radius 2 is 1.77 bits per heavy atom. The molecular weight excluding hydrogens is 619 g/mol. The highest BCUT2D eigenvalue weighted by molar-refractivity contribution is 7.88. The molecule has 1 aromatic heterocycles. The highest BCUT2D eigenvalue weighted by Crippen LogP contribution is 2.36. The molecule has 236 valence electrons. The Labute approximate surface area is 258 Å². The third kappa shape index (κ3) is 6.25. The fraction of sp³-hybridized carbons (Fsp3) is 0.467. The number of likely N-dealkylation sites (tertiary alicyclic amines) is 1. The number of carbonyl (C=O) groups excluding carboxylic acids is 1. The van der Waals surface area contributed by atoms with Crippen LogP contribution < -0.4 is 4.90 Å². The molecule has 3 aromatic rings. The number of β-amino-alcohol motifs (C(OH)–C–C–N with tert-alkyl or cyclic N) is 1. The minimum atomic E-state index is -4.48. The van der Waals surface area contributed by atoms with Gasteiger partial charge in [-0.25, -0.2) is 8.42 Å². The average Bonchev–Trinajstić information content (AvgIpc) is 3.48. The lowest BCUT2D eigenvalue weighted by molar-refractivity contribution is -0.137. The predicted molar refractivity (Wildman–Crippen MR) is 160 cm³/mol. The summed E-state index contributed by atoms with van der Waals surface area (Å²) in [6.07, 6.45) is -1.91. The number of amides is 1. The summed E-state index contributed by atoms with van der Waals surface area (Å²) in [7, 11) is -3.50. The summed E-state index contributed by atoms with van der Waals surface area (Å²) in [6, 6.07) is 10.2. The van der Waals surface area contributed by atoms with Gasteiger partial charge in [-0.2, -0.15) is 22.6 Å². The van der Waals surface area contributed by atoms with Crippen LogP contribution in [0.25, 0.3) is 11.3 Å². The van der Waals surface area contributed by atoms with Crippen molar-refractivity contribution in [1.82, 2.24) is 19.0 Å². The monoisotopic (exact) mass is 651 g/mol. The van der Waals surface area contributed by atoms with Gasteiger partial charge in [0.15, 0.2) is 0 Å². The molecular formula is C30H33ClF3N5O4S. The first kappa shape index (κ1) is 31.0. The number of nitrogens with zero attached hydrogens (tertiary/aromatic N) is 5. The van der Waals surface area contributed by atoms with Gasteiger partial charge in [0.25, 0.3) is 0 Å². The molecule has 0 bridgehead atoms. The number of sulfonamides is 1. The molecule has 3 aliphatic heterocycles. The molecule has 0 aliphatic carbocycles. The molecule has 3 aliphatic rings. The van der Waals surface area contributed by atoms with E-state index in [-0.39, 0.29) is 31.6 Å². The molecule has 44 heavy (non-hydrogen) atoms. The highest BCUT2D eigenvalue weighted by Gasteiger charge is 2.36. The Kier molecular flexibility index (Phi) is 8.29. The second-order valence-electron chi connectivity index (χ2n) is 11.8. The van der Waals surface area contributed by atoms with Crippen LogP contribution in [0.3, 0.4) is 0 Å². The number of hydrogen-bond donors (Lipinski definition) is 1. The molecule has 0 radical (unpaired) electrons. The lowest BCUT2D eigenvalue weighted by atomic mass is 10.0. The summed E-state index contributed by atoms with van der Waals surface area (Å²) in [5.74, 6) is 0.0718. The molecule has 1 saturated heterocycles. The first-order chi connectivity index (χ1) is 20.8. The molecule has 14 heteroatoms. The SMILES string of the molecule is CS(=O)(=O)N1CCc2c(c(-c3ccc(C(F)(F)F)cc3)nn2CC(O)CN2CCC(N3C(=O)Cc4ccc(Cl)cc43)CC2)C1. The molecule has 1 unspecified atom stereocenters. The minimum absolute atomic E-state index is 0.0533. The van der Waals surface area contributed by atoms with E-state index in [0.29, 0.717) is 54.3 Å². The molecule has 0 saturated carbocycles. The number of fused-ring (bicyclic) bond motifs is 2. The van der Waals surface area contributed by atoms with Crippen LogP contribution in [0.1, 0.15) is 35.2 Å². The van der Waals surface area contributed by atoms with Crippen molar-refractivity contribution in [3.8, 4) is 11.3 Å². The van der Waals surface area contributed by atoms with Gasteiger partial charge in [-0.15, -0.1) is 0 Å². The summed E-state index contributed by atoms with van der Waals surface area (Å²) in [5.41, 5.74) is 3.32. The summed E-state index contributed by atoms with van der Waals surface area (Å²) < 4.78 is 67.1. The van der Waals surface area contributed by atoms with Crippen LogP contribution in [0.5, 0.6) is 0 Å². The van der Waals surface area contributed by atoms with Gasteiger partial charge in [0.1, 0.15) is 0 Å². The molecule has 1 fully saturated rings. The van der Waals surface area contributed by atoms with E-state index in [1.807, 2.05) is 17.0 Å². The summed E-state index contributed by atoms with van der Waals surface area (Å²) >= 11 is 6.20. The van der Waals surface area contributed by atoms with Gasteiger partial charge < -0.3 is 14.9 Å². The first-order valence-electron chi connectivity index (χ1n) is 14.5. The molecule has 1 amide bonds. The van der Waals surface area contributed by atoms with Crippen LogP contribution in [0.2, 0.25) is 5.02 Å². The summed E-state index contributed by atoms with van der Waals surface area (Å²) in [6.45, 7) is 2.22. The van der Waals surface area contributed by atoms with Crippen LogP contribution in [0, 0.1) is 0 Å². The maximum atomic E-state index is 13.2. The first-order valence-corrected chi connectivity index (χ1v) is 16.7. The minimum Gasteiger partial charge on any atom is -0.390 e. The van der Waals surface area contributed by atoms with E-state index in [2.05, 4.69) is 10.00 Å². The van der Waals surface area contributed by atoms with Crippen molar-refractivity contribution in [2.75, 3.05) is 37.3 Å². The fourth-order valence-electron chi connectivity index (χ4n) is 6.56. The molecule has 6 rings (SSSR count). The van der Waals surface area contributed by atoms with Gasteiger partial charge in [-0.05, 0) is 42.7 Å². The van der Waals surface area contributed by atoms with Crippen LogP contribution in [-0.4, -0.2) is 83.0 Å². The fourth-order valence-corrected chi connectivity index (χ4v) is 7.51. The third-order valence-corrected chi connectivity index (χ3v) is 10.2. The van der Waals surface area contributed by atoms with Crippen LogP contribution >= 0.6 is 11.6 Å². The van der Waals surface area contributed by atoms with Gasteiger partial charge in [-0.1, -0.05) is 29.8 Å². The number of anilines is 1. The number of aliphatic hydroxyl groups excluding tert-OH is 1. The molecule has 1 atom stereocenters. The van der Waals surface area contributed by atoms with Crippen LogP contribution in [-0.2, 0) is 46.9 Å². The zero-order valence-electron chi connectivity index (χ0n) is 24.1. The van der Waals surface area contributed by atoms with Gasteiger partial charge in [0.2, 0.25) is 15.9 Å². The standard InChI is InChI=1S/C30H33ClF3N5O4S/c1-44(42,43)37-13-10-26-25(18-37)29(19-2-5-21(6-3-19)30(32,33)34)35-38(26)17-24(40)16-36-11-8-23(9-12-36)39-27-15-22(31)7-4-20(27)14-28(39)41/h2-7,15,23-24,40H,8-14,16-18H2,1H3. The number of aliphatic hydroxyl groups is 1. The largest absolute Gasteiger partial charge is 0.416 e. The smallest absolute Gasteiger partial charge is 0.390 e. The molecule has 0 spiro atoms. The molecule has 2 aromatic carbocycles. The predicted octanol–water partition coefficient (Wildman–Crippen LogP) is 3.95. The number of halogens is 4. The maximum absolute atomic E-state index is 13.2. The van der Waals surface area contributed by atoms with Crippen molar-refractivity contribution >= 4 is 33.2 Å². The normalized spacial score (nSPS) is 19.3. The number of hydrogen-bond acceptors (Lipinski definition) is 6. The average molecular weight is 652 g/mol. The Morgan fingerprint density at radius 3 is 2.43 bits per heavy atom. The molecule has 9 nitrogen and oxygen atoms in total. The van der Waals surface area contributed by atoms with Gasteiger partial charge in [0, 0.05) is 72.7 Å². The van der Waals surface area contributed by atoms with Gasteiger partial charge >= 0.3 is 6.18 Å². The molecule has 1 N–H and O–H groups in total. The number of carbonyl (C=O) groups is 1. The Hall–Kier alpha value is -2.97. The van der Waals surface area contributed by atoms with E-state index >= 15 is 0 Å². The zero-order chi connectivity index (χ0) is 31.4. The topological polar surface area (TPSA) is 99.0 Å². The van der Waals surface area contributed by atoms with E-state index in [0.717, 1.165) is 48.2 Å². The quantitative estimate of drug-likeness (QED) is 0.416. The lowest BCUT2D eigenvalue weighted by Crippen LogP contribution is -2.48. The number of alkyl halides is 3. The number of piperidine rings is 1. The highest BCUT2D eigenvalue weighted by atomic mass is 35.5. The van der Waals surface area contributed by atoms with Crippen molar-refractivity contribution in [2.45, 2.75) is 57.1 Å². The van der Waals surface area contributed by atoms with E-state index < -0.39 is 27.9 Å². The Balaban J connectivity index is 1.15. The lowest BCUT2D eigenvalue weighted by Gasteiger charge is -2.37. The Bertz CT molecular complexity index is 1670. The maximum Gasteiger partial charge on any atom is 0.416 e. The van der Waals surface area contributed by atoms with Gasteiger partial charge in [-0.3, -0.25) is 9.48 Å². The second kappa shape index (κ2) is 11.8. The third-order valence-electron chi connectivity index (χ3n) is 8.75. The summed E-state index contributed by atoms with van der Waals surface area (Å²) in [5, 5.41) is 16.4. The van der Waals surface area contributed by atoms with E-state index in [9.17, 15) is 31.5 Å². The zero-order valence-corrected chi connectivity index (χ0v) is 25.7. The van der Waals surface area contributed by atoms with E-state index in [1.54, 1.807) is 10.7 Å². The van der Waals surface area contributed by atoms with Crippen LogP contribution in [0.4, 0.5) is 18.9 Å².